The molecule has 0 N–H and O–H groups in total. The molecule has 1 rings (SSSR count). The van der Waals surface area contributed by atoms with E-state index in [1.807, 2.05) is 50.9 Å². The van der Waals surface area contributed by atoms with Gasteiger partial charge in [0.25, 0.3) is 0 Å². The van der Waals surface area contributed by atoms with Crippen molar-refractivity contribution in [3.8, 4) is 0 Å². The minimum Gasteiger partial charge on any atom is -0.334 e. The molecule has 1 heterocycles. The first kappa shape index (κ1) is 12.7. The van der Waals surface area contributed by atoms with Crippen LogP contribution in [-0.2, 0) is 7.05 Å². The minimum atomic E-state index is 0.876. The van der Waals surface area contributed by atoms with E-state index in [1.54, 1.807) is 0 Å². The summed E-state index contributed by atoms with van der Waals surface area (Å²) in [6, 6.07) is 0. The van der Waals surface area contributed by atoms with Crippen LogP contribution in [0.25, 0.3) is 5.57 Å². The molecule has 0 fully saturated rings. The third kappa shape index (κ3) is 3.21. The third-order valence-electron chi connectivity index (χ3n) is 1.82. The van der Waals surface area contributed by atoms with E-state index in [-0.39, 0.29) is 0 Å². The van der Waals surface area contributed by atoms with Crippen molar-refractivity contribution >= 4 is 5.57 Å². The van der Waals surface area contributed by atoms with Gasteiger partial charge in [-0.05, 0) is 18.9 Å². The topological polar surface area (TPSA) is 17.8 Å². The Bertz CT molecular complexity index is 295. The van der Waals surface area contributed by atoms with E-state index in [2.05, 4.69) is 17.6 Å². The lowest BCUT2D eigenvalue weighted by molar-refractivity contribution is 0.884. The first-order valence-electron chi connectivity index (χ1n) is 5.03. The van der Waals surface area contributed by atoms with Crippen LogP contribution in [0.15, 0.2) is 31.1 Å². The van der Waals surface area contributed by atoms with E-state index in [4.69, 9.17) is 0 Å². The highest BCUT2D eigenvalue weighted by Crippen LogP contribution is 2.15. The van der Waals surface area contributed by atoms with Crippen LogP contribution in [0, 0.1) is 0 Å². The summed E-state index contributed by atoms with van der Waals surface area (Å²) in [6.45, 7) is 9.73. The maximum Gasteiger partial charge on any atom is 0.135 e. The molecule has 0 spiro atoms. The number of imidazole rings is 1. The van der Waals surface area contributed by atoms with Crippen LogP contribution in [-0.4, -0.2) is 9.55 Å². The fraction of sp³-hybridized carbons (Fsp3) is 0.417. The summed E-state index contributed by atoms with van der Waals surface area (Å²) in [4.78, 5) is 4.25. The third-order valence-corrected chi connectivity index (χ3v) is 1.82. The Morgan fingerprint density at radius 1 is 1.57 bits per heavy atom. The highest BCUT2D eigenvalue weighted by molar-refractivity contribution is 5.60. The van der Waals surface area contributed by atoms with Gasteiger partial charge in [-0.3, -0.25) is 0 Å². The number of aryl methyl sites for hydroxylation is 1. The van der Waals surface area contributed by atoms with E-state index in [0.717, 1.165) is 12.2 Å². The Labute approximate surface area is 87.0 Å². The summed E-state index contributed by atoms with van der Waals surface area (Å²) in [6.07, 6.45) is 8.60. The molecule has 2 nitrogen and oxygen atoms in total. The van der Waals surface area contributed by atoms with Crippen LogP contribution >= 0.6 is 0 Å². The van der Waals surface area contributed by atoms with Crippen molar-refractivity contribution in [3.05, 3.63) is 36.9 Å². The van der Waals surface area contributed by atoms with Crippen LogP contribution in [0.2, 0.25) is 0 Å². The van der Waals surface area contributed by atoms with Crippen molar-refractivity contribution in [3.63, 3.8) is 0 Å². The molecule has 0 unspecified atom stereocenters. The van der Waals surface area contributed by atoms with Crippen molar-refractivity contribution in [1.82, 2.24) is 9.55 Å². The summed E-state index contributed by atoms with van der Waals surface area (Å²) >= 11 is 0. The van der Waals surface area contributed by atoms with Gasteiger partial charge in [-0.2, -0.15) is 0 Å². The molecule has 78 valence electrons. The summed E-state index contributed by atoms with van der Waals surface area (Å²) in [5, 5.41) is 0. The molecule has 0 aliphatic rings. The van der Waals surface area contributed by atoms with E-state index >= 15 is 0 Å². The molecule has 14 heavy (non-hydrogen) atoms. The lowest BCUT2D eigenvalue weighted by Gasteiger charge is -2.03. The van der Waals surface area contributed by atoms with E-state index in [1.165, 1.54) is 5.57 Å². The van der Waals surface area contributed by atoms with E-state index < -0.39 is 0 Å². The largest absolute Gasteiger partial charge is 0.334 e. The van der Waals surface area contributed by atoms with Gasteiger partial charge in [0.1, 0.15) is 5.82 Å². The zero-order valence-electron chi connectivity index (χ0n) is 9.62. The normalized spacial score (nSPS) is 10.4. The lowest BCUT2D eigenvalue weighted by atomic mass is 10.1. The van der Waals surface area contributed by atoms with Crippen LogP contribution in [0.5, 0.6) is 0 Å². The molecule has 1 aromatic rings. The van der Waals surface area contributed by atoms with Gasteiger partial charge < -0.3 is 4.57 Å². The van der Waals surface area contributed by atoms with Gasteiger partial charge in [0, 0.05) is 19.4 Å². The molecule has 0 aromatic carbocycles. The molecule has 0 aliphatic heterocycles. The average Bonchev–Trinajstić information content (AvgIpc) is 2.64. The molecule has 0 amide bonds. The maximum absolute atomic E-state index is 4.25. The van der Waals surface area contributed by atoms with Gasteiger partial charge in [-0.15, -0.1) is 6.58 Å². The van der Waals surface area contributed by atoms with Crippen LogP contribution < -0.4 is 0 Å². The van der Waals surface area contributed by atoms with Crippen molar-refractivity contribution in [2.24, 2.45) is 7.05 Å². The predicted molar refractivity (Wildman–Crippen MR) is 63.0 cm³/mol. The standard InChI is InChI=1S/C10H14N2.C2H6/c1-4-6-9(5-2)10-11-7-8-12(10)3;1-2/h4-5,7-8H,1,6H2,2-3H3;1-2H3/b9-5-;. The highest BCUT2D eigenvalue weighted by Gasteiger charge is 2.02. The Balaban J connectivity index is 0.000000791. The number of allylic oxidation sites excluding steroid dienone is 3. The first-order chi connectivity index (χ1) is 6.79. The van der Waals surface area contributed by atoms with Gasteiger partial charge in [0.2, 0.25) is 0 Å². The number of rotatable bonds is 3. The van der Waals surface area contributed by atoms with Crippen molar-refractivity contribution < 1.29 is 0 Å². The Hall–Kier alpha value is -1.31. The molecular weight excluding hydrogens is 172 g/mol. The summed E-state index contributed by atoms with van der Waals surface area (Å²) in [5.41, 5.74) is 1.22. The Morgan fingerprint density at radius 3 is 2.57 bits per heavy atom. The van der Waals surface area contributed by atoms with Crippen molar-refractivity contribution in [1.29, 1.82) is 0 Å². The summed E-state index contributed by atoms with van der Waals surface area (Å²) in [5.74, 6) is 1.03. The van der Waals surface area contributed by atoms with E-state index in [9.17, 15) is 0 Å². The molecule has 0 radical (unpaired) electrons. The SMILES string of the molecule is C=CC/C(=C/C)c1nccn1C.CC. The van der Waals surface area contributed by atoms with Crippen molar-refractivity contribution in [2.45, 2.75) is 27.2 Å². The number of hydrogen-bond donors (Lipinski definition) is 0. The molecule has 1 aromatic heterocycles. The summed E-state index contributed by atoms with van der Waals surface area (Å²) in [7, 11) is 1.99. The Morgan fingerprint density at radius 2 is 2.21 bits per heavy atom. The van der Waals surface area contributed by atoms with Crippen LogP contribution in [0.3, 0.4) is 0 Å². The zero-order valence-corrected chi connectivity index (χ0v) is 9.62. The highest BCUT2D eigenvalue weighted by atomic mass is 15.0. The van der Waals surface area contributed by atoms with Gasteiger partial charge in [-0.1, -0.05) is 26.0 Å². The molecule has 0 bridgehead atoms. The second-order valence-corrected chi connectivity index (χ2v) is 2.67. The number of aromatic nitrogens is 2. The maximum atomic E-state index is 4.25. The smallest absolute Gasteiger partial charge is 0.135 e. The van der Waals surface area contributed by atoms with Crippen LogP contribution in [0.1, 0.15) is 33.0 Å². The number of nitrogens with zero attached hydrogens (tertiary/aromatic N) is 2. The van der Waals surface area contributed by atoms with Gasteiger partial charge in [-0.25, -0.2) is 4.98 Å². The van der Waals surface area contributed by atoms with Gasteiger partial charge in [0.15, 0.2) is 0 Å². The number of hydrogen-bond acceptors (Lipinski definition) is 1. The zero-order chi connectivity index (χ0) is 11.0. The monoisotopic (exact) mass is 192 g/mol. The predicted octanol–water partition coefficient (Wildman–Crippen LogP) is 3.43. The molecule has 0 saturated carbocycles. The Kier molecular flexibility index (Phi) is 6.46. The van der Waals surface area contributed by atoms with Gasteiger partial charge >= 0.3 is 0 Å². The molecular formula is C12H20N2. The fourth-order valence-corrected chi connectivity index (χ4v) is 1.17. The lowest BCUT2D eigenvalue weighted by Crippen LogP contribution is -1.95. The average molecular weight is 192 g/mol. The molecule has 0 saturated heterocycles. The summed E-state index contributed by atoms with van der Waals surface area (Å²) < 4.78 is 2.01. The fourth-order valence-electron chi connectivity index (χ4n) is 1.17. The quantitative estimate of drug-likeness (QED) is 0.671. The second-order valence-electron chi connectivity index (χ2n) is 2.67. The van der Waals surface area contributed by atoms with Gasteiger partial charge in [0.05, 0.1) is 0 Å². The van der Waals surface area contributed by atoms with Crippen molar-refractivity contribution in [2.75, 3.05) is 0 Å². The molecule has 0 atom stereocenters. The first-order valence-corrected chi connectivity index (χ1v) is 5.03. The molecule has 2 heteroatoms. The second kappa shape index (κ2) is 7.13. The van der Waals surface area contributed by atoms with E-state index in [0.29, 0.717) is 0 Å². The molecule has 0 aliphatic carbocycles. The minimum absolute atomic E-state index is 0.876. The van der Waals surface area contributed by atoms with Crippen LogP contribution in [0.4, 0.5) is 0 Å².